The van der Waals surface area contributed by atoms with Crippen LogP contribution < -0.4 is 0 Å². The van der Waals surface area contributed by atoms with E-state index in [2.05, 4.69) is 58.3 Å². The first-order valence-corrected chi connectivity index (χ1v) is 8.13. The van der Waals surface area contributed by atoms with Gasteiger partial charge < -0.3 is 0 Å². The number of rotatable bonds is 2. The molecule has 0 amide bonds. The van der Waals surface area contributed by atoms with Crippen molar-refractivity contribution in [3.8, 4) is 5.40 Å². The average molecular weight is 355 g/mol. The smallest absolute Gasteiger partial charge is 0.134 e. The van der Waals surface area contributed by atoms with Crippen molar-refractivity contribution in [1.82, 2.24) is 0 Å². The van der Waals surface area contributed by atoms with E-state index in [1.54, 1.807) is 0 Å². The number of thiocyanates is 1. The predicted octanol–water partition coefficient (Wildman–Crippen LogP) is 4.33. The number of nitrogens with zero attached hydrogens (tertiary/aromatic N) is 1. The molecule has 1 nitrogen and oxygen atoms in total. The van der Waals surface area contributed by atoms with E-state index in [1.807, 2.05) is 0 Å². The van der Waals surface area contributed by atoms with Gasteiger partial charge in [0.05, 0.1) is 4.75 Å². The molecule has 1 aromatic rings. The van der Waals surface area contributed by atoms with Gasteiger partial charge in [-0.15, -0.1) is 0 Å². The van der Waals surface area contributed by atoms with E-state index in [0.29, 0.717) is 11.8 Å². The summed E-state index contributed by atoms with van der Waals surface area (Å²) in [4.78, 5) is 0. The van der Waals surface area contributed by atoms with Crippen LogP contribution in [0.1, 0.15) is 24.8 Å². The Morgan fingerprint density at radius 3 is 2.41 bits per heavy atom. The fraction of sp³-hybridized carbons (Fsp3) is 0.500. The maximum Gasteiger partial charge on any atom is 0.134 e. The van der Waals surface area contributed by atoms with E-state index in [9.17, 15) is 5.26 Å². The molecule has 0 aliphatic heterocycles. The van der Waals surface area contributed by atoms with Gasteiger partial charge in [0.2, 0.25) is 0 Å². The third-order valence-electron chi connectivity index (χ3n) is 4.34. The third kappa shape index (κ3) is 1.57. The zero-order chi connectivity index (χ0) is 11.9. The minimum absolute atomic E-state index is 0.0973. The lowest BCUT2D eigenvalue weighted by atomic mass is 9.54. The molecule has 0 aromatic heterocycles. The van der Waals surface area contributed by atoms with Crippen LogP contribution in [0.4, 0.5) is 0 Å². The first kappa shape index (κ1) is 11.9. The van der Waals surface area contributed by atoms with Gasteiger partial charge in [0.25, 0.3) is 0 Å². The number of thioether (sulfide) groups is 1. The molecule has 0 N–H and O–H groups in total. The van der Waals surface area contributed by atoms with E-state index in [4.69, 9.17) is 0 Å². The van der Waals surface area contributed by atoms with Gasteiger partial charge >= 0.3 is 0 Å². The summed E-state index contributed by atoms with van der Waals surface area (Å²) in [5.41, 5.74) is 1.37. The van der Waals surface area contributed by atoms with Crippen LogP contribution >= 0.6 is 34.4 Å². The van der Waals surface area contributed by atoms with Gasteiger partial charge in [-0.25, -0.2) is 0 Å². The molecule has 2 unspecified atom stereocenters. The lowest BCUT2D eigenvalue weighted by molar-refractivity contribution is 0.0660. The first-order valence-electron chi connectivity index (χ1n) is 6.07. The molecule has 1 aromatic carbocycles. The fourth-order valence-electron chi connectivity index (χ4n) is 3.63. The minimum atomic E-state index is 0.0973. The van der Waals surface area contributed by atoms with E-state index in [-0.39, 0.29) is 4.75 Å². The van der Waals surface area contributed by atoms with E-state index in [0.717, 1.165) is 3.92 Å². The van der Waals surface area contributed by atoms with Gasteiger partial charge in [-0.3, -0.25) is 0 Å². The van der Waals surface area contributed by atoms with Crippen molar-refractivity contribution >= 4 is 34.4 Å². The Morgan fingerprint density at radius 2 is 1.88 bits per heavy atom. The summed E-state index contributed by atoms with van der Waals surface area (Å²) in [6, 6.07) is 10.7. The summed E-state index contributed by atoms with van der Waals surface area (Å²) in [6.45, 7) is 0. The molecule has 4 atom stereocenters. The lowest BCUT2D eigenvalue weighted by Gasteiger charge is -2.62. The third-order valence-corrected chi connectivity index (χ3v) is 7.35. The van der Waals surface area contributed by atoms with E-state index >= 15 is 0 Å². The predicted molar refractivity (Wildman–Crippen MR) is 80.0 cm³/mol. The molecular formula is C14H14INS. The maximum absolute atomic E-state index is 9.18. The molecule has 0 spiro atoms. The minimum Gasteiger partial charge on any atom is -0.185 e. The summed E-state index contributed by atoms with van der Waals surface area (Å²) in [7, 11) is 0. The zero-order valence-corrected chi connectivity index (χ0v) is 12.4. The van der Waals surface area contributed by atoms with Crippen molar-refractivity contribution in [1.29, 1.82) is 5.26 Å². The first-order chi connectivity index (χ1) is 8.30. The number of benzene rings is 1. The standard InChI is InChI=1S/C14H14INS/c15-13-11-7-4-8-12(13)14(11,17-9-16)10-5-2-1-3-6-10/h1-3,5-6,11-13H,4,7-8H2/t11-,12+,13?,14?. The van der Waals surface area contributed by atoms with Crippen LogP contribution in [0.15, 0.2) is 30.3 Å². The van der Waals surface area contributed by atoms with Crippen LogP contribution in [0.3, 0.4) is 0 Å². The molecule has 2 aliphatic rings. The number of halogens is 1. The largest absolute Gasteiger partial charge is 0.185 e. The summed E-state index contributed by atoms with van der Waals surface area (Å²) in [5, 5.41) is 11.6. The summed E-state index contributed by atoms with van der Waals surface area (Å²) in [5.74, 6) is 1.38. The van der Waals surface area contributed by atoms with Crippen LogP contribution in [0.25, 0.3) is 0 Å². The number of hydrogen-bond acceptors (Lipinski definition) is 2. The number of fused-ring (bicyclic) bond motifs is 2. The summed E-state index contributed by atoms with van der Waals surface area (Å²) in [6.07, 6.45) is 3.91. The molecule has 2 saturated carbocycles. The Labute approximate surface area is 120 Å². The Hall–Kier alpha value is -0.210. The van der Waals surface area contributed by atoms with Gasteiger partial charge in [0.1, 0.15) is 5.40 Å². The quantitative estimate of drug-likeness (QED) is 0.448. The SMILES string of the molecule is N#CSC1(c2ccccc2)[C@@H]2CCC[C@H]1C2I. The zero-order valence-electron chi connectivity index (χ0n) is 9.47. The van der Waals surface area contributed by atoms with Gasteiger partial charge in [0, 0.05) is 3.92 Å². The lowest BCUT2D eigenvalue weighted by Crippen LogP contribution is -2.61. The number of nitriles is 1. The molecule has 0 saturated heterocycles. The highest BCUT2D eigenvalue weighted by Crippen LogP contribution is 2.68. The maximum atomic E-state index is 9.18. The van der Waals surface area contributed by atoms with Crippen molar-refractivity contribution < 1.29 is 0 Å². The topological polar surface area (TPSA) is 23.8 Å². The van der Waals surface area contributed by atoms with Crippen molar-refractivity contribution in [2.75, 3.05) is 0 Å². The fourth-order valence-corrected chi connectivity index (χ4v) is 7.21. The summed E-state index contributed by atoms with van der Waals surface area (Å²) < 4.78 is 0.863. The van der Waals surface area contributed by atoms with Crippen molar-refractivity contribution in [2.24, 2.45) is 11.8 Å². The molecule has 2 fully saturated rings. The second kappa shape index (κ2) is 4.47. The molecule has 2 aliphatic carbocycles. The van der Waals surface area contributed by atoms with Gasteiger partial charge in [-0.05, 0) is 42.0 Å². The number of alkyl halides is 1. The molecular weight excluding hydrogens is 341 g/mol. The monoisotopic (exact) mass is 355 g/mol. The molecule has 0 heterocycles. The average Bonchev–Trinajstić information content (AvgIpc) is 2.40. The van der Waals surface area contributed by atoms with Gasteiger partial charge in [-0.1, -0.05) is 59.3 Å². The Morgan fingerprint density at radius 1 is 1.24 bits per heavy atom. The number of hydrogen-bond donors (Lipinski definition) is 0. The summed E-state index contributed by atoms with van der Waals surface area (Å²) >= 11 is 4.12. The van der Waals surface area contributed by atoms with Crippen molar-refractivity contribution in [3.63, 3.8) is 0 Å². The second-order valence-corrected chi connectivity index (χ2v) is 7.44. The van der Waals surface area contributed by atoms with Crippen molar-refractivity contribution in [3.05, 3.63) is 35.9 Å². The van der Waals surface area contributed by atoms with E-state index in [1.165, 1.54) is 36.6 Å². The van der Waals surface area contributed by atoms with Gasteiger partial charge in [0.15, 0.2) is 0 Å². The van der Waals surface area contributed by atoms with Crippen LogP contribution in [0.5, 0.6) is 0 Å². The van der Waals surface area contributed by atoms with Crippen LogP contribution in [0, 0.1) is 22.5 Å². The molecule has 0 radical (unpaired) electrons. The molecule has 3 rings (SSSR count). The second-order valence-electron chi connectivity index (χ2n) is 4.94. The molecule has 2 bridgehead atoms. The Bertz CT molecular complexity index is 441. The van der Waals surface area contributed by atoms with Crippen molar-refractivity contribution in [2.45, 2.75) is 27.9 Å². The molecule has 17 heavy (non-hydrogen) atoms. The molecule has 88 valence electrons. The van der Waals surface area contributed by atoms with Gasteiger partial charge in [-0.2, -0.15) is 5.26 Å². The highest BCUT2D eigenvalue weighted by Gasteiger charge is 2.63. The van der Waals surface area contributed by atoms with Crippen LogP contribution in [-0.4, -0.2) is 3.92 Å². The highest BCUT2D eigenvalue weighted by molar-refractivity contribution is 14.1. The normalized spacial score (nSPS) is 39.2. The molecule has 3 heteroatoms. The highest BCUT2D eigenvalue weighted by atomic mass is 127. The Balaban J connectivity index is 2.04. The van der Waals surface area contributed by atoms with Crippen LogP contribution in [-0.2, 0) is 4.75 Å². The Kier molecular flexibility index (Phi) is 3.12. The van der Waals surface area contributed by atoms with E-state index < -0.39 is 0 Å². The van der Waals surface area contributed by atoms with Crippen LogP contribution in [0.2, 0.25) is 0 Å².